The molecular formula is C22H25N5O3. The van der Waals surface area contributed by atoms with Crippen LogP contribution in [0.1, 0.15) is 36.0 Å². The van der Waals surface area contributed by atoms with Gasteiger partial charge in [-0.15, -0.1) is 0 Å². The standard InChI is InChI=1S/C22H25N5O3/c1-27-22(30-2)19(13-24-27)25-21(29)17-6-4-3-5-16(17)20(28)15-9-7-14(8-10-15)18-11-12-23-26-18/h7-13,16-17H,3-6H2,1-2H3,(H,23,26)(H,25,29)/t16-,17-/m0/s1. The van der Waals surface area contributed by atoms with Crippen LogP contribution in [0.3, 0.4) is 0 Å². The van der Waals surface area contributed by atoms with Crippen LogP contribution in [0, 0.1) is 11.8 Å². The van der Waals surface area contributed by atoms with Crippen molar-refractivity contribution in [2.75, 3.05) is 12.4 Å². The van der Waals surface area contributed by atoms with Gasteiger partial charge in [0.15, 0.2) is 5.78 Å². The quantitative estimate of drug-likeness (QED) is 0.610. The fraction of sp³-hybridized carbons (Fsp3) is 0.364. The highest BCUT2D eigenvalue weighted by atomic mass is 16.5. The molecule has 1 amide bonds. The van der Waals surface area contributed by atoms with Crippen LogP contribution >= 0.6 is 0 Å². The molecule has 1 saturated carbocycles. The molecule has 2 heterocycles. The summed E-state index contributed by atoms with van der Waals surface area (Å²) in [5, 5.41) is 14.0. The molecule has 0 unspecified atom stereocenters. The Balaban J connectivity index is 1.51. The Morgan fingerprint density at radius 3 is 2.53 bits per heavy atom. The molecule has 0 bridgehead atoms. The van der Waals surface area contributed by atoms with E-state index in [0.29, 0.717) is 30.0 Å². The largest absolute Gasteiger partial charge is 0.480 e. The number of H-pyrrole nitrogens is 1. The third-order valence-electron chi connectivity index (χ3n) is 5.74. The average molecular weight is 407 g/mol. The second-order valence-electron chi connectivity index (χ2n) is 7.58. The molecule has 0 radical (unpaired) electrons. The van der Waals surface area contributed by atoms with Crippen LogP contribution in [0.5, 0.6) is 5.88 Å². The smallest absolute Gasteiger partial charge is 0.235 e. The van der Waals surface area contributed by atoms with Crippen molar-refractivity contribution in [3.8, 4) is 17.1 Å². The van der Waals surface area contributed by atoms with Gasteiger partial charge in [0.25, 0.3) is 0 Å². The van der Waals surface area contributed by atoms with Crippen molar-refractivity contribution in [2.24, 2.45) is 18.9 Å². The van der Waals surface area contributed by atoms with Crippen molar-refractivity contribution < 1.29 is 14.3 Å². The molecule has 0 saturated heterocycles. The minimum Gasteiger partial charge on any atom is -0.480 e. The molecule has 0 aliphatic heterocycles. The monoisotopic (exact) mass is 407 g/mol. The number of aromatic amines is 1. The van der Waals surface area contributed by atoms with Crippen molar-refractivity contribution in [3.05, 3.63) is 48.3 Å². The van der Waals surface area contributed by atoms with Crippen molar-refractivity contribution >= 4 is 17.4 Å². The number of amides is 1. The second-order valence-corrected chi connectivity index (χ2v) is 7.58. The summed E-state index contributed by atoms with van der Waals surface area (Å²) in [6, 6.07) is 9.30. The van der Waals surface area contributed by atoms with Gasteiger partial charge in [-0.3, -0.25) is 14.7 Å². The maximum Gasteiger partial charge on any atom is 0.235 e. The highest BCUT2D eigenvalue weighted by molar-refractivity contribution is 6.03. The van der Waals surface area contributed by atoms with Gasteiger partial charge >= 0.3 is 0 Å². The number of carbonyl (C=O) groups excluding carboxylic acids is 2. The average Bonchev–Trinajstić information content (AvgIpc) is 3.43. The zero-order chi connectivity index (χ0) is 21.1. The Hall–Kier alpha value is -3.42. The third-order valence-corrected chi connectivity index (χ3v) is 5.74. The van der Waals surface area contributed by atoms with Crippen LogP contribution < -0.4 is 10.1 Å². The Morgan fingerprint density at radius 2 is 1.87 bits per heavy atom. The van der Waals surface area contributed by atoms with Crippen LogP contribution in [0.25, 0.3) is 11.3 Å². The number of methoxy groups -OCH3 is 1. The molecule has 8 nitrogen and oxygen atoms in total. The molecule has 1 aromatic carbocycles. The number of hydrogen-bond donors (Lipinski definition) is 2. The third kappa shape index (κ3) is 3.85. The molecule has 4 rings (SSSR count). The number of aromatic nitrogens is 4. The minimum absolute atomic E-state index is 0.0154. The van der Waals surface area contributed by atoms with Gasteiger partial charge in [-0.2, -0.15) is 10.2 Å². The number of aryl methyl sites for hydroxylation is 1. The molecule has 3 aromatic rings. The first-order chi connectivity index (χ1) is 14.6. The maximum absolute atomic E-state index is 13.2. The number of carbonyl (C=O) groups is 2. The summed E-state index contributed by atoms with van der Waals surface area (Å²) < 4.78 is 6.86. The molecule has 156 valence electrons. The number of ketones is 1. The zero-order valence-electron chi connectivity index (χ0n) is 17.1. The molecule has 2 aromatic heterocycles. The molecule has 1 fully saturated rings. The van der Waals surface area contributed by atoms with E-state index >= 15 is 0 Å². The van der Waals surface area contributed by atoms with Gasteiger partial charge < -0.3 is 10.1 Å². The zero-order valence-corrected chi connectivity index (χ0v) is 17.1. The van der Waals surface area contributed by atoms with E-state index in [1.54, 1.807) is 24.1 Å². The number of ether oxygens (including phenoxy) is 1. The summed E-state index contributed by atoms with van der Waals surface area (Å²) in [6.07, 6.45) is 6.60. The molecule has 0 spiro atoms. The Bertz CT molecular complexity index is 1020. The highest BCUT2D eigenvalue weighted by Gasteiger charge is 2.36. The summed E-state index contributed by atoms with van der Waals surface area (Å²) in [4.78, 5) is 26.3. The van der Waals surface area contributed by atoms with E-state index in [-0.39, 0.29) is 23.5 Å². The van der Waals surface area contributed by atoms with Crippen molar-refractivity contribution in [3.63, 3.8) is 0 Å². The number of anilines is 1. The number of nitrogens with one attached hydrogen (secondary N) is 2. The predicted molar refractivity (Wildman–Crippen MR) is 112 cm³/mol. The Kier molecular flexibility index (Phi) is 5.65. The van der Waals surface area contributed by atoms with Gasteiger partial charge in [-0.1, -0.05) is 37.1 Å². The van der Waals surface area contributed by atoms with Crippen molar-refractivity contribution in [1.29, 1.82) is 0 Å². The van der Waals surface area contributed by atoms with Crippen LogP contribution in [-0.4, -0.2) is 38.8 Å². The summed E-state index contributed by atoms with van der Waals surface area (Å²) in [5.74, 6) is -0.370. The SMILES string of the molecule is COc1c(NC(=O)[C@H]2CCCC[C@@H]2C(=O)c2ccc(-c3cc[nH]n3)cc2)cnn1C. The minimum atomic E-state index is -0.373. The Morgan fingerprint density at radius 1 is 1.13 bits per heavy atom. The lowest BCUT2D eigenvalue weighted by atomic mass is 9.75. The van der Waals surface area contributed by atoms with E-state index in [1.165, 1.54) is 7.11 Å². The van der Waals surface area contributed by atoms with E-state index in [2.05, 4.69) is 20.6 Å². The highest BCUT2D eigenvalue weighted by Crippen LogP contribution is 2.34. The predicted octanol–water partition coefficient (Wildman–Crippen LogP) is 3.45. The van der Waals surface area contributed by atoms with Gasteiger partial charge in [0, 0.05) is 36.2 Å². The lowest BCUT2D eigenvalue weighted by Crippen LogP contribution is -2.36. The maximum atomic E-state index is 13.2. The number of rotatable bonds is 6. The first-order valence-electron chi connectivity index (χ1n) is 10.1. The summed E-state index contributed by atoms with van der Waals surface area (Å²) in [5.41, 5.74) is 2.91. The summed E-state index contributed by atoms with van der Waals surface area (Å²) in [6.45, 7) is 0. The van der Waals surface area contributed by atoms with Crippen LogP contribution in [0.2, 0.25) is 0 Å². The van der Waals surface area contributed by atoms with Gasteiger partial charge in [-0.05, 0) is 18.9 Å². The van der Waals surface area contributed by atoms with Gasteiger partial charge in [0.05, 0.1) is 19.0 Å². The van der Waals surface area contributed by atoms with Gasteiger partial charge in [-0.25, -0.2) is 4.68 Å². The number of hydrogen-bond acceptors (Lipinski definition) is 5. The van der Waals surface area contributed by atoms with Crippen molar-refractivity contribution in [1.82, 2.24) is 20.0 Å². The number of nitrogens with zero attached hydrogens (tertiary/aromatic N) is 3. The normalized spacial score (nSPS) is 18.7. The second kappa shape index (κ2) is 8.52. The van der Waals surface area contributed by atoms with E-state index in [1.807, 2.05) is 30.3 Å². The van der Waals surface area contributed by atoms with E-state index < -0.39 is 0 Å². The van der Waals surface area contributed by atoms with Gasteiger partial charge in [0.1, 0.15) is 5.69 Å². The molecule has 8 heteroatoms. The lowest BCUT2D eigenvalue weighted by molar-refractivity contribution is -0.122. The van der Waals surface area contributed by atoms with Crippen LogP contribution in [-0.2, 0) is 11.8 Å². The van der Waals surface area contributed by atoms with Crippen LogP contribution in [0.15, 0.2) is 42.7 Å². The Labute approximate surface area is 174 Å². The van der Waals surface area contributed by atoms with Crippen molar-refractivity contribution in [2.45, 2.75) is 25.7 Å². The summed E-state index contributed by atoms with van der Waals surface area (Å²) >= 11 is 0. The number of Topliss-reactive ketones (excluding diaryl/α,β-unsaturated/α-hetero) is 1. The van der Waals surface area contributed by atoms with Crippen LogP contribution in [0.4, 0.5) is 5.69 Å². The number of benzene rings is 1. The molecule has 1 aliphatic carbocycles. The first kappa shape index (κ1) is 19.9. The van der Waals surface area contributed by atoms with E-state index in [0.717, 1.165) is 24.1 Å². The molecular weight excluding hydrogens is 382 g/mol. The molecule has 1 aliphatic rings. The van der Waals surface area contributed by atoms with E-state index in [9.17, 15) is 9.59 Å². The topological polar surface area (TPSA) is 102 Å². The fourth-order valence-electron chi connectivity index (χ4n) is 4.18. The lowest BCUT2D eigenvalue weighted by Gasteiger charge is -2.29. The fourth-order valence-corrected chi connectivity index (χ4v) is 4.18. The molecule has 2 N–H and O–H groups in total. The summed E-state index contributed by atoms with van der Waals surface area (Å²) in [7, 11) is 3.28. The molecule has 30 heavy (non-hydrogen) atoms. The van der Waals surface area contributed by atoms with E-state index in [4.69, 9.17) is 4.74 Å². The molecule has 2 atom stereocenters. The van der Waals surface area contributed by atoms with Gasteiger partial charge in [0.2, 0.25) is 11.8 Å². The first-order valence-corrected chi connectivity index (χ1v) is 10.1.